The summed E-state index contributed by atoms with van der Waals surface area (Å²) in [5.41, 5.74) is 3.11. The van der Waals surface area contributed by atoms with E-state index in [0.717, 1.165) is 21.4 Å². The second-order valence-electron chi connectivity index (χ2n) is 3.63. The summed E-state index contributed by atoms with van der Waals surface area (Å²) in [6.45, 7) is 0. The van der Waals surface area contributed by atoms with E-state index in [-0.39, 0.29) is 0 Å². The van der Waals surface area contributed by atoms with Gasteiger partial charge in [0.2, 0.25) is 0 Å². The van der Waals surface area contributed by atoms with Gasteiger partial charge in [-0.05, 0) is 28.1 Å². The van der Waals surface area contributed by atoms with Gasteiger partial charge >= 0.3 is 0 Å². The second kappa shape index (κ2) is 3.89. The molecule has 0 aromatic carbocycles. The molecule has 0 bridgehead atoms. The summed E-state index contributed by atoms with van der Waals surface area (Å²) < 4.78 is 2.48. The molecule has 0 atom stereocenters. The summed E-state index contributed by atoms with van der Waals surface area (Å²) in [7, 11) is 1.87. The lowest BCUT2D eigenvalue weighted by atomic mass is 10.2. The van der Waals surface area contributed by atoms with Crippen LogP contribution in [0.3, 0.4) is 0 Å². The summed E-state index contributed by atoms with van der Waals surface area (Å²) >= 11 is 3.32. The number of fused-ring (bicyclic) bond motifs is 1. The molecule has 0 saturated heterocycles. The molecule has 0 aliphatic heterocycles. The molecule has 3 rings (SSSR count). The van der Waals surface area contributed by atoms with Crippen molar-refractivity contribution in [1.29, 1.82) is 0 Å². The minimum atomic E-state index is 0.626. The number of halogens is 1. The predicted octanol–water partition coefficient (Wildman–Crippen LogP) is 2.19. The smallest absolute Gasteiger partial charge is 0.179 e. The van der Waals surface area contributed by atoms with Gasteiger partial charge in [0.1, 0.15) is 10.1 Å². The Hall–Kier alpha value is -1.82. The highest BCUT2D eigenvalue weighted by Gasteiger charge is 2.05. The number of hydrogen-bond acceptors (Lipinski definition) is 4. The number of pyridine rings is 1. The Balaban J connectivity index is 2.18. The average Bonchev–Trinajstić information content (AvgIpc) is 2.75. The number of hydrogen-bond donors (Lipinski definition) is 0. The van der Waals surface area contributed by atoms with Crippen molar-refractivity contribution >= 4 is 27.1 Å². The monoisotopic (exact) mass is 289 g/mol. The highest BCUT2D eigenvalue weighted by molar-refractivity contribution is 9.10. The van der Waals surface area contributed by atoms with Gasteiger partial charge in [0.15, 0.2) is 5.65 Å². The molecule has 5 nitrogen and oxygen atoms in total. The van der Waals surface area contributed by atoms with Crippen molar-refractivity contribution in [3.63, 3.8) is 0 Å². The van der Waals surface area contributed by atoms with Crippen LogP contribution in [0.2, 0.25) is 0 Å². The normalized spacial score (nSPS) is 10.9. The minimum absolute atomic E-state index is 0.626. The average molecular weight is 290 g/mol. The Labute approximate surface area is 106 Å². The molecular weight excluding hydrogens is 282 g/mol. The Bertz CT molecular complexity index is 691. The van der Waals surface area contributed by atoms with Gasteiger partial charge in [0.05, 0.1) is 18.1 Å². The molecule has 0 radical (unpaired) electrons. The first-order chi connectivity index (χ1) is 8.22. The standard InChI is InChI=1S/C11H8BrN5/c1-17-6-7(4-14-17)9-5-13-8-2-3-10(12)16-11(8)15-9/h2-6H,1H3. The van der Waals surface area contributed by atoms with Crippen molar-refractivity contribution < 1.29 is 0 Å². The van der Waals surface area contributed by atoms with Crippen molar-refractivity contribution in [1.82, 2.24) is 24.7 Å². The first-order valence-electron chi connectivity index (χ1n) is 5.01. The fourth-order valence-electron chi connectivity index (χ4n) is 1.57. The van der Waals surface area contributed by atoms with E-state index >= 15 is 0 Å². The summed E-state index contributed by atoms with van der Waals surface area (Å²) in [5, 5.41) is 4.11. The molecule has 0 aliphatic rings. The van der Waals surface area contributed by atoms with Gasteiger partial charge in [-0.1, -0.05) is 0 Å². The Kier molecular flexibility index (Phi) is 2.36. The van der Waals surface area contributed by atoms with E-state index in [1.54, 1.807) is 17.1 Å². The van der Waals surface area contributed by atoms with Crippen molar-refractivity contribution in [2.45, 2.75) is 0 Å². The minimum Gasteiger partial charge on any atom is -0.275 e. The first-order valence-corrected chi connectivity index (χ1v) is 5.80. The molecule has 17 heavy (non-hydrogen) atoms. The zero-order chi connectivity index (χ0) is 11.8. The van der Waals surface area contributed by atoms with Gasteiger partial charge in [-0.25, -0.2) is 9.97 Å². The van der Waals surface area contributed by atoms with Gasteiger partial charge in [-0.3, -0.25) is 9.67 Å². The van der Waals surface area contributed by atoms with Crippen molar-refractivity contribution in [3.05, 3.63) is 35.3 Å². The van der Waals surface area contributed by atoms with E-state index in [0.29, 0.717) is 5.65 Å². The van der Waals surface area contributed by atoms with E-state index in [2.05, 4.69) is 36.0 Å². The summed E-state index contributed by atoms with van der Waals surface area (Å²) in [6, 6.07) is 3.73. The molecule has 0 N–H and O–H groups in total. The molecule has 84 valence electrons. The first kappa shape index (κ1) is 10.3. The molecule has 3 heterocycles. The highest BCUT2D eigenvalue weighted by Crippen LogP contribution is 2.18. The third-order valence-corrected chi connectivity index (χ3v) is 2.82. The SMILES string of the molecule is Cn1cc(-c2cnc3ccc(Br)nc3n2)cn1. The molecule has 3 aromatic rings. The number of rotatable bonds is 1. The zero-order valence-corrected chi connectivity index (χ0v) is 10.6. The number of aromatic nitrogens is 5. The zero-order valence-electron chi connectivity index (χ0n) is 9.00. The fourth-order valence-corrected chi connectivity index (χ4v) is 1.87. The van der Waals surface area contributed by atoms with Crippen LogP contribution in [0.15, 0.2) is 35.3 Å². The van der Waals surface area contributed by atoms with Crippen LogP contribution in [-0.2, 0) is 7.05 Å². The summed E-state index contributed by atoms with van der Waals surface area (Å²) in [5.74, 6) is 0. The molecule has 0 amide bonds. The van der Waals surface area contributed by atoms with Crippen LogP contribution in [0.25, 0.3) is 22.4 Å². The lowest BCUT2D eigenvalue weighted by molar-refractivity contribution is 0.768. The quantitative estimate of drug-likeness (QED) is 0.645. The van der Waals surface area contributed by atoms with Gasteiger partial charge in [0, 0.05) is 18.8 Å². The molecule has 6 heteroatoms. The molecular formula is C11H8BrN5. The maximum absolute atomic E-state index is 4.46. The molecule has 0 saturated carbocycles. The lowest BCUT2D eigenvalue weighted by Crippen LogP contribution is -1.90. The van der Waals surface area contributed by atoms with E-state index in [9.17, 15) is 0 Å². The maximum atomic E-state index is 4.46. The van der Waals surface area contributed by atoms with Gasteiger partial charge in [-0.2, -0.15) is 5.10 Å². The molecule has 0 aliphatic carbocycles. The maximum Gasteiger partial charge on any atom is 0.179 e. The fraction of sp³-hybridized carbons (Fsp3) is 0.0909. The van der Waals surface area contributed by atoms with E-state index in [4.69, 9.17) is 0 Å². The molecule has 0 unspecified atom stereocenters. The summed E-state index contributed by atoms with van der Waals surface area (Å²) in [4.78, 5) is 13.1. The third-order valence-electron chi connectivity index (χ3n) is 2.37. The second-order valence-corrected chi connectivity index (χ2v) is 4.45. The highest BCUT2D eigenvalue weighted by atomic mass is 79.9. The molecule has 3 aromatic heterocycles. The predicted molar refractivity (Wildman–Crippen MR) is 67.2 cm³/mol. The van der Waals surface area contributed by atoms with Crippen LogP contribution in [0.1, 0.15) is 0 Å². The van der Waals surface area contributed by atoms with Crippen LogP contribution in [0, 0.1) is 0 Å². The third kappa shape index (κ3) is 1.91. The van der Waals surface area contributed by atoms with E-state index in [1.165, 1.54) is 0 Å². The topological polar surface area (TPSA) is 56.5 Å². The Morgan fingerprint density at radius 3 is 2.82 bits per heavy atom. The van der Waals surface area contributed by atoms with Crippen LogP contribution < -0.4 is 0 Å². The van der Waals surface area contributed by atoms with Gasteiger partial charge in [0.25, 0.3) is 0 Å². The van der Waals surface area contributed by atoms with Gasteiger partial charge in [-0.15, -0.1) is 0 Å². The van der Waals surface area contributed by atoms with Crippen molar-refractivity contribution in [2.75, 3.05) is 0 Å². The Morgan fingerprint density at radius 2 is 2.06 bits per heavy atom. The van der Waals surface area contributed by atoms with Crippen LogP contribution in [-0.4, -0.2) is 24.7 Å². The van der Waals surface area contributed by atoms with Crippen LogP contribution in [0.4, 0.5) is 0 Å². The number of aryl methyl sites for hydroxylation is 1. The number of nitrogens with zero attached hydrogens (tertiary/aromatic N) is 5. The van der Waals surface area contributed by atoms with E-state index < -0.39 is 0 Å². The lowest BCUT2D eigenvalue weighted by Gasteiger charge is -1.99. The molecule has 0 spiro atoms. The molecule has 0 fully saturated rings. The van der Waals surface area contributed by atoms with Crippen molar-refractivity contribution in [2.24, 2.45) is 7.05 Å². The largest absolute Gasteiger partial charge is 0.275 e. The van der Waals surface area contributed by atoms with Crippen LogP contribution >= 0.6 is 15.9 Å². The summed E-state index contributed by atoms with van der Waals surface area (Å²) in [6.07, 6.45) is 5.39. The Morgan fingerprint density at radius 1 is 1.18 bits per heavy atom. The van der Waals surface area contributed by atoms with Gasteiger partial charge < -0.3 is 0 Å². The van der Waals surface area contributed by atoms with Crippen molar-refractivity contribution in [3.8, 4) is 11.3 Å². The van der Waals surface area contributed by atoms with Crippen LogP contribution in [0.5, 0.6) is 0 Å². The van der Waals surface area contributed by atoms with E-state index in [1.807, 2.05) is 25.4 Å².